The highest BCUT2D eigenvalue weighted by Crippen LogP contribution is 2.28. The summed E-state index contributed by atoms with van der Waals surface area (Å²) >= 11 is 7.65. The number of benzene rings is 2. The predicted molar refractivity (Wildman–Crippen MR) is 94.8 cm³/mol. The molecule has 0 bridgehead atoms. The molecular formula is C18H16ClNO2S. The number of thiophene rings is 1. The standard InChI is InChI=1S/C18H16ClNO2S/c19-15-5-6-17-16(8-15)14(11-23-17)7-18(22)20-9-12-3-1-2-4-13(12)10-21/h1-6,8,11,21H,7,9-10H2,(H,20,22). The third-order valence-electron chi connectivity index (χ3n) is 3.73. The van der Waals surface area contributed by atoms with Crippen molar-refractivity contribution in [2.45, 2.75) is 19.6 Å². The number of amides is 1. The smallest absolute Gasteiger partial charge is 0.224 e. The van der Waals surface area contributed by atoms with Gasteiger partial charge in [-0.25, -0.2) is 0 Å². The molecule has 0 aliphatic carbocycles. The van der Waals surface area contributed by atoms with E-state index < -0.39 is 0 Å². The molecule has 1 amide bonds. The molecule has 0 aliphatic heterocycles. The average molecular weight is 346 g/mol. The highest BCUT2D eigenvalue weighted by Gasteiger charge is 2.10. The highest BCUT2D eigenvalue weighted by atomic mass is 35.5. The molecule has 0 saturated heterocycles. The molecule has 3 aromatic rings. The quantitative estimate of drug-likeness (QED) is 0.736. The second kappa shape index (κ2) is 7.13. The second-order valence-corrected chi connectivity index (χ2v) is 6.63. The van der Waals surface area contributed by atoms with Crippen LogP contribution in [0.2, 0.25) is 5.02 Å². The van der Waals surface area contributed by atoms with Crippen LogP contribution in [0.4, 0.5) is 0 Å². The molecule has 118 valence electrons. The molecule has 0 atom stereocenters. The number of hydrogen-bond donors (Lipinski definition) is 2. The summed E-state index contributed by atoms with van der Waals surface area (Å²) in [6.07, 6.45) is 0.321. The van der Waals surface area contributed by atoms with Crippen molar-refractivity contribution in [1.29, 1.82) is 0 Å². The Balaban J connectivity index is 1.68. The molecule has 0 saturated carbocycles. The van der Waals surface area contributed by atoms with Crippen LogP contribution in [0.3, 0.4) is 0 Å². The van der Waals surface area contributed by atoms with Crippen molar-refractivity contribution >= 4 is 38.9 Å². The zero-order valence-corrected chi connectivity index (χ0v) is 14.0. The zero-order chi connectivity index (χ0) is 16.2. The molecule has 1 heterocycles. The molecule has 5 heteroatoms. The van der Waals surface area contributed by atoms with E-state index in [2.05, 4.69) is 5.32 Å². The van der Waals surface area contributed by atoms with Crippen molar-refractivity contribution in [3.63, 3.8) is 0 Å². The molecule has 0 fully saturated rings. The first kappa shape index (κ1) is 16.0. The average Bonchev–Trinajstić information content (AvgIpc) is 2.95. The zero-order valence-electron chi connectivity index (χ0n) is 12.4. The monoisotopic (exact) mass is 345 g/mol. The van der Waals surface area contributed by atoms with E-state index in [-0.39, 0.29) is 12.5 Å². The molecule has 0 unspecified atom stereocenters. The molecule has 2 N–H and O–H groups in total. The molecule has 23 heavy (non-hydrogen) atoms. The van der Waals surface area contributed by atoms with E-state index in [4.69, 9.17) is 11.6 Å². The van der Waals surface area contributed by atoms with E-state index in [1.54, 1.807) is 11.3 Å². The molecule has 2 aromatic carbocycles. The van der Waals surface area contributed by atoms with Crippen LogP contribution in [0.1, 0.15) is 16.7 Å². The third kappa shape index (κ3) is 3.72. The molecule has 3 rings (SSSR count). The summed E-state index contributed by atoms with van der Waals surface area (Å²) in [4.78, 5) is 12.2. The van der Waals surface area contributed by atoms with Gasteiger partial charge in [-0.3, -0.25) is 4.79 Å². The largest absolute Gasteiger partial charge is 0.392 e. The van der Waals surface area contributed by atoms with Gasteiger partial charge in [-0.1, -0.05) is 35.9 Å². The Morgan fingerprint density at radius 1 is 1.13 bits per heavy atom. The normalized spacial score (nSPS) is 10.9. The minimum atomic E-state index is -0.0441. The minimum absolute atomic E-state index is 0.0281. The van der Waals surface area contributed by atoms with Gasteiger partial charge in [0.2, 0.25) is 5.91 Å². The van der Waals surface area contributed by atoms with Crippen LogP contribution in [0, 0.1) is 0 Å². The number of rotatable bonds is 5. The lowest BCUT2D eigenvalue weighted by Crippen LogP contribution is -2.25. The predicted octanol–water partition coefficient (Wildman–Crippen LogP) is 3.91. The number of hydrogen-bond acceptors (Lipinski definition) is 3. The number of halogens is 1. The fourth-order valence-electron chi connectivity index (χ4n) is 2.50. The number of carbonyl (C=O) groups is 1. The summed E-state index contributed by atoms with van der Waals surface area (Å²) in [5.41, 5.74) is 2.75. The number of aliphatic hydroxyl groups is 1. The van der Waals surface area contributed by atoms with Crippen LogP contribution in [-0.4, -0.2) is 11.0 Å². The van der Waals surface area contributed by atoms with Gasteiger partial charge < -0.3 is 10.4 Å². The Labute approximate surface area is 143 Å². The molecule has 1 aromatic heterocycles. The summed E-state index contributed by atoms with van der Waals surface area (Å²) in [6, 6.07) is 13.3. The summed E-state index contributed by atoms with van der Waals surface area (Å²) in [7, 11) is 0. The molecule has 3 nitrogen and oxygen atoms in total. The van der Waals surface area contributed by atoms with Crippen LogP contribution in [0.5, 0.6) is 0 Å². The van der Waals surface area contributed by atoms with Gasteiger partial charge >= 0.3 is 0 Å². The summed E-state index contributed by atoms with van der Waals surface area (Å²) in [6.45, 7) is 0.387. The van der Waals surface area contributed by atoms with Gasteiger partial charge in [0.1, 0.15) is 0 Å². The molecule has 0 aliphatic rings. The Morgan fingerprint density at radius 2 is 1.91 bits per heavy atom. The molecular weight excluding hydrogens is 330 g/mol. The van der Waals surface area contributed by atoms with Crippen molar-refractivity contribution < 1.29 is 9.90 Å². The summed E-state index contributed by atoms with van der Waals surface area (Å²) < 4.78 is 1.13. The fraction of sp³-hybridized carbons (Fsp3) is 0.167. The highest BCUT2D eigenvalue weighted by molar-refractivity contribution is 7.17. The number of aliphatic hydroxyl groups excluding tert-OH is 1. The van der Waals surface area contributed by atoms with Crippen LogP contribution in [0.15, 0.2) is 47.8 Å². The lowest BCUT2D eigenvalue weighted by Gasteiger charge is -2.09. The topological polar surface area (TPSA) is 49.3 Å². The second-order valence-electron chi connectivity index (χ2n) is 5.28. The van der Waals surface area contributed by atoms with E-state index in [9.17, 15) is 9.90 Å². The third-order valence-corrected chi connectivity index (χ3v) is 4.98. The van der Waals surface area contributed by atoms with Crippen molar-refractivity contribution in [2.75, 3.05) is 0 Å². The van der Waals surface area contributed by atoms with Crippen molar-refractivity contribution in [1.82, 2.24) is 5.32 Å². The Hall–Kier alpha value is -1.88. The summed E-state index contributed by atoms with van der Waals surface area (Å²) in [5.74, 6) is -0.0441. The maximum absolute atomic E-state index is 12.2. The van der Waals surface area contributed by atoms with Gasteiger partial charge in [0.25, 0.3) is 0 Å². The van der Waals surface area contributed by atoms with E-state index >= 15 is 0 Å². The SMILES string of the molecule is O=C(Cc1csc2ccc(Cl)cc12)NCc1ccccc1CO. The van der Waals surface area contributed by atoms with Gasteiger partial charge in [-0.15, -0.1) is 11.3 Å². The summed E-state index contributed by atoms with van der Waals surface area (Å²) in [5, 5.41) is 15.9. The first-order chi connectivity index (χ1) is 11.2. The lowest BCUT2D eigenvalue weighted by atomic mass is 10.1. The Kier molecular flexibility index (Phi) is 4.96. The van der Waals surface area contributed by atoms with E-state index in [1.807, 2.05) is 47.8 Å². The molecule has 0 radical (unpaired) electrons. The fourth-order valence-corrected chi connectivity index (χ4v) is 3.62. The van der Waals surface area contributed by atoms with Crippen LogP contribution in [-0.2, 0) is 24.4 Å². The maximum Gasteiger partial charge on any atom is 0.224 e. The van der Waals surface area contributed by atoms with Crippen molar-refractivity contribution in [3.05, 3.63) is 69.6 Å². The van der Waals surface area contributed by atoms with Gasteiger partial charge in [0.05, 0.1) is 13.0 Å². The van der Waals surface area contributed by atoms with Gasteiger partial charge in [-0.2, -0.15) is 0 Å². The van der Waals surface area contributed by atoms with Crippen LogP contribution in [0.25, 0.3) is 10.1 Å². The van der Waals surface area contributed by atoms with E-state index in [1.165, 1.54) is 0 Å². The first-order valence-electron chi connectivity index (χ1n) is 7.27. The minimum Gasteiger partial charge on any atom is -0.392 e. The van der Waals surface area contributed by atoms with Gasteiger partial charge in [0.15, 0.2) is 0 Å². The first-order valence-corrected chi connectivity index (χ1v) is 8.53. The van der Waals surface area contributed by atoms with Crippen LogP contribution >= 0.6 is 22.9 Å². The Morgan fingerprint density at radius 3 is 2.70 bits per heavy atom. The van der Waals surface area contributed by atoms with Crippen molar-refractivity contribution in [2.24, 2.45) is 0 Å². The maximum atomic E-state index is 12.2. The van der Waals surface area contributed by atoms with Crippen LogP contribution < -0.4 is 5.32 Å². The number of fused-ring (bicyclic) bond motifs is 1. The Bertz CT molecular complexity index is 844. The number of carbonyl (C=O) groups excluding carboxylic acids is 1. The van der Waals surface area contributed by atoms with Gasteiger partial charge in [0, 0.05) is 16.3 Å². The van der Waals surface area contributed by atoms with E-state index in [0.29, 0.717) is 18.0 Å². The van der Waals surface area contributed by atoms with Gasteiger partial charge in [-0.05, 0) is 45.7 Å². The number of nitrogens with one attached hydrogen (secondary N) is 1. The van der Waals surface area contributed by atoms with Crippen molar-refractivity contribution in [3.8, 4) is 0 Å². The van der Waals surface area contributed by atoms with E-state index in [0.717, 1.165) is 26.8 Å². The molecule has 0 spiro atoms. The lowest BCUT2D eigenvalue weighted by molar-refractivity contribution is -0.120.